The van der Waals surface area contributed by atoms with Crippen molar-refractivity contribution in [2.45, 2.75) is 46.7 Å². The van der Waals surface area contributed by atoms with Crippen LogP contribution in [0.1, 0.15) is 46.2 Å². The molecule has 2 atom stereocenters. The van der Waals surface area contributed by atoms with E-state index < -0.39 is 12.0 Å². The highest BCUT2D eigenvalue weighted by Crippen LogP contribution is 2.36. The zero-order valence-electron chi connectivity index (χ0n) is 21.7. The Labute approximate surface area is 208 Å². The number of amides is 3. The molecule has 192 valence electrons. The van der Waals surface area contributed by atoms with Crippen molar-refractivity contribution < 1.29 is 23.9 Å². The van der Waals surface area contributed by atoms with Crippen molar-refractivity contribution in [1.29, 1.82) is 0 Å². The van der Waals surface area contributed by atoms with Crippen LogP contribution in [0.15, 0.2) is 35.5 Å². The van der Waals surface area contributed by atoms with Gasteiger partial charge in [0.25, 0.3) is 0 Å². The molecule has 0 aliphatic carbocycles. The number of methoxy groups -OCH3 is 1. The summed E-state index contributed by atoms with van der Waals surface area (Å²) in [4.78, 5) is 44.8. The van der Waals surface area contributed by atoms with Gasteiger partial charge < -0.3 is 19.7 Å². The van der Waals surface area contributed by atoms with Crippen molar-refractivity contribution >= 4 is 17.9 Å². The summed E-state index contributed by atoms with van der Waals surface area (Å²) in [7, 11) is 1.57. The molecular formula is C26H38N4O5. The van der Waals surface area contributed by atoms with Gasteiger partial charge in [0.05, 0.1) is 25.3 Å². The molecule has 1 aromatic rings. The van der Waals surface area contributed by atoms with Crippen molar-refractivity contribution in [3.8, 4) is 5.75 Å². The van der Waals surface area contributed by atoms with E-state index in [1.165, 1.54) is 0 Å². The van der Waals surface area contributed by atoms with Gasteiger partial charge >= 0.3 is 12.0 Å². The molecule has 1 saturated heterocycles. The van der Waals surface area contributed by atoms with Crippen molar-refractivity contribution in [2.75, 3.05) is 46.4 Å². The van der Waals surface area contributed by atoms with Crippen LogP contribution in [0.4, 0.5) is 4.79 Å². The molecule has 2 aliphatic heterocycles. The number of para-hydroxylation sites is 1. The van der Waals surface area contributed by atoms with Gasteiger partial charge in [-0.2, -0.15) is 0 Å². The number of hydrogen-bond donors (Lipinski definition) is 1. The van der Waals surface area contributed by atoms with Crippen LogP contribution in [-0.4, -0.2) is 85.1 Å². The quantitative estimate of drug-likeness (QED) is 0.568. The first-order valence-electron chi connectivity index (χ1n) is 12.4. The van der Waals surface area contributed by atoms with Crippen LogP contribution in [0.25, 0.3) is 0 Å². The van der Waals surface area contributed by atoms with Crippen LogP contribution in [0.3, 0.4) is 0 Å². The van der Waals surface area contributed by atoms with Crippen molar-refractivity contribution in [3.63, 3.8) is 0 Å². The highest BCUT2D eigenvalue weighted by molar-refractivity contribution is 5.95. The zero-order valence-corrected chi connectivity index (χ0v) is 21.7. The van der Waals surface area contributed by atoms with E-state index in [0.29, 0.717) is 55.3 Å². The Morgan fingerprint density at radius 1 is 1.17 bits per heavy atom. The van der Waals surface area contributed by atoms with Gasteiger partial charge in [0.15, 0.2) is 0 Å². The van der Waals surface area contributed by atoms with Gasteiger partial charge in [0.2, 0.25) is 5.91 Å². The molecular weight excluding hydrogens is 448 g/mol. The zero-order chi connectivity index (χ0) is 25.7. The maximum Gasteiger partial charge on any atom is 0.338 e. The minimum absolute atomic E-state index is 0.0304. The highest BCUT2D eigenvalue weighted by Gasteiger charge is 2.40. The Morgan fingerprint density at radius 2 is 1.89 bits per heavy atom. The summed E-state index contributed by atoms with van der Waals surface area (Å²) in [6.07, 6.45) is 0. The van der Waals surface area contributed by atoms with E-state index in [1.54, 1.807) is 18.9 Å². The summed E-state index contributed by atoms with van der Waals surface area (Å²) in [5, 5.41) is 2.99. The van der Waals surface area contributed by atoms with E-state index in [-0.39, 0.29) is 30.5 Å². The number of carbonyl (C=O) groups is 3. The number of piperazine rings is 1. The Morgan fingerprint density at radius 3 is 2.49 bits per heavy atom. The number of nitrogens with one attached hydrogen (secondary N) is 1. The number of urea groups is 1. The average Bonchev–Trinajstić information content (AvgIpc) is 2.83. The van der Waals surface area contributed by atoms with E-state index in [0.717, 1.165) is 0 Å². The number of carbonyl (C=O) groups excluding carboxylic acids is 3. The highest BCUT2D eigenvalue weighted by atomic mass is 16.5. The molecule has 9 nitrogen and oxygen atoms in total. The first kappa shape index (κ1) is 26.5. The second-order valence-electron chi connectivity index (χ2n) is 9.22. The summed E-state index contributed by atoms with van der Waals surface area (Å²) in [5.74, 6) is 0.213. The molecule has 2 unspecified atom stereocenters. The molecule has 0 bridgehead atoms. The lowest BCUT2D eigenvalue weighted by Gasteiger charge is -2.43. The van der Waals surface area contributed by atoms with Gasteiger partial charge in [0.1, 0.15) is 5.75 Å². The molecule has 0 saturated carbocycles. The van der Waals surface area contributed by atoms with Crippen LogP contribution in [-0.2, 0) is 14.3 Å². The fraction of sp³-hybridized carbons (Fsp3) is 0.577. The maximum atomic E-state index is 13.3. The molecule has 0 aromatic heterocycles. The largest absolute Gasteiger partial charge is 0.496 e. The second-order valence-corrected chi connectivity index (χ2v) is 9.22. The van der Waals surface area contributed by atoms with Gasteiger partial charge in [-0.05, 0) is 26.8 Å². The summed E-state index contributed by atoms with van der Waals surface area (Å²) in [5.41, 5.74) is 1.73. The number of esters is 1. The van der Waals surface area contributed by atoms with Gasteiger partial charge in [-0.25, -0.2) is 9.59 Å². The summed E-state index contributed by atoms with van der Waals surface area (Å²) in [6, 6.07) is 6.42. The lowest BCUT2D eigenvalue weighted by molar-refractivity contribution is -0.139. The Balaban J connectivity index is 2.01. The molecule has 2 aliphatic rings. The number of benzene rings is 1. The third-order valence-corrected chi connectivity index (χ3v) is 6.56. The smallest absolute Gasteiger partial charge is 0.338 e. The lowest BCUT2D eigenvalue weighted by atomic mass is 9.93. The number of likely N-dealkylation sites (N-methyl/N-ethyl adjacent to an activating group) is 1. The average molecular weight is 487 g/mol. The SMILES string of the molecule is CCOC(=O)C1=C(CN2CCN(C(=O)C(C)C)C(C)C2)N(CC)C(=O)NC1c1ccccc1OC. The van der Waals surface area contributed by atoms with E-state index >= 15 is 0 Å². The van der Waals surface area contributed by atoms with Crippen LogP contribution in [0.5, 0.6) is 5.75 Å². The van der Waals surface area contributed by atoms with E-state index in [9.17, 15) is 14.4 Å². The predicted molar refractivity (Wildman–Crippen MR) is 133 cm³/mol. The number of nitrogens with zero attached hydrogens (tertiary/aromatic N) is 3. The van der Waals surface area contributed by atoms with Crippen molar-refractivity contribution in [2.24, 2.45) is 5.92 Å². The van der Waals surface area contributed by atoms with E-state index in [4.69, 9.17) is 9.47 Å². The Kier molecular flexibility index (Phi) is 8.77. The maximum absolute atomic E-state index is 13.3. The van der Waals surface area contributed by atoms with Crippen LogP contribution < -0.4 is 10.1 Å². The Bertz CT molecular complexity index is 976. The number of rotatable bonds is 8. The second kappa shape index (κ2) is 11.6. The molecule has 2 heterocycles. The molecule has 1 N–H and O–H groups in total. The molecule has 3 rings (SSSR count). The van der Waals surface area contributed by atoms with Gasteiger partial charge in [-0.1, -0.05) is 32.0 Å². The van der Waals surface area contributed by atoms with E-state index in [2.05, 4.69) is 10.2 Å². The first-order chi connectivity index (χ1) is 16.7. The van der Waals surface area contributed by atoms with E-state index in [1.807, 2.05) is 56.9 Å². The third kappa shape index (κ3) is 5.61. The molecule has 0 radical (unpaired) electrons. The monoisotopic (exact) mass is 486 g/mol. The minimum Gasteiger partial charge on any atom is -0.496 e. The van der Waals surface area contributed by atoms with Crippen LogP contribution in [0, 0.1) is 5.92 Å². The normalized spacial score (nSPS) is 21.3. The topological polar surface area (TPSA) is 91.4 Å². The molecule has 1 fully saturated rings. The summed E-state index contributed by atoms with van der Waals surface area (Å²) in [6.45, 7) is 12.4. The third-order valence-electron chi connectivity index (χ3n) is 6.56. The van der Waals surface area contributed by atoms with Crippen LogP contribution >= 0.6 is 0 Å². The number of hydrogen-bond acceptors (Lipinski definition) is 6. The first-order valence-corrected chi connectivity index (χ1v) is 12.4. The fourth-order valence-corrected chi connectivity index (χ4v) is 4.84. The number of ether oxygens (including phenoxy) is 2. The summed E-state index contributed by atoms with van der Waals surface area (Å²) < 4.78 is 11.0. The lowest BCUT2D eigenvalue weighted by Crippen LogP contribution is -2.57. The molecule has 35 heavy (non-hydrogen) atoms. The Hall–Kier alpha value is -3.07. The van der Waals surface area contributed by atoms with Crippen molar-refractivity contribution in [1.82, 2.24) is 20.0 Å². The van der Waals surface area contributed by atoms with Gasteiger partial charge in [-0.15, -0.1) is 0 Å². The fourth-order valence-electron chi connectivity index (χ4n) is 4.84. The molecule has 3 amide bonds. The standard InChI is InChI=1S/C26H38N4O5/c1-7-29-20(16-28-13-14-30(18(5)15-28)24(31)17(3)4)22(25(32)35-8-2)23(27-26(29)33)19-11-9-10-12-21(19)34-6/h9-12,17-18,23H,7-8,13-16H2,1-6H3,(H,27,33). The van der Waals surface area contributed by atoms with Crippen molar-refractivity contribution in [3.05, 3.63) is 41.1 Å². The molecule has 0 spiro atoms. The summed E-state index contributed by atoms with van der Waals surface area (Å²) >= 11 is 0. The van der Waals surface area contributed by atoms with Gasteiger partial charge in [-0.3, -0.25) is 14.6 Å². The predicted octanol–water partition coefficient (Wildman–Crippen LogP) is 2.79. The molecule has 1 aromatic carbocycles. The minimum atomic E-state index is -0.697. The van der Waals surface area contributed by atoms with Gasteiger partial charge in [0, 0.05) is 55.9 Å². The molecule has 9 heteroatoms. The van der Waals surface area contributed by atoms with Crippen LogP contribution in [0.2, 0.25) is 0 Å².